The van der Waals surface area contributed by atoms with Gasteiger partial charge in [-0.25, -0.2) is 9.78 Å². The molecule has 0 aliphatic rings. The average molecular weight is 435 g/mol. The van der Waals surface area contributed by atoms with Crippen LogP contribution < -0.4 is 4.74 Å². The fraction of sp³-hybridized carbons (Fsp3) is 0.286. The van der Waals surface area contributed by atoms with Crippen molar-refractivity contribution in [2.75, 3.05) is 13.2 Å². The number of carbonyl (C=O) groups excluding carboxylic acids is 2. The number of H-pyrrole nitrogens is 1. The first-order chi connectivity index (χ1) is 13.7. The number of hydrogen-bond donors (Lipinski definition) is 1. The summed E-state index contributed by atoms with van der Waals surface area (Å²) in [4.78, 5) is 32.3. The third kappa shape index (κ3) is 4.09. The van der Waals surface area contributed by atoms with Crippen LogP contribution in [0.5, 0.6) is 5.75 Å². The largest absolute Gasteiger partial charge is 0.482 e. The fourth-order valence-electron chi connectivity index (χ4n) is 3.18. The highest BCUT2D eigenvalue weighted by molar-refractivity contribution is 6.39. The topological polar surface area (TPSA) is 81.3 Å². The Hall–Kier alpha value is -2.57. The van der Waals surface area contributed by atoms with Gasteiger partial charge in [-0.2, -0.15) is 0 Å². The van der Waals surface area contributed by atoms with Crippen LogP contribution in [0.2, 0.25) is 10.0 Å². The molecule has 0 amide bonds. The molecule has 2 heterocycles. The highest BCUT2D eigenvalue weighted by atomic mass is 35.5. The molecule has 0 aliphatic heterocycles. The molecular weight excluding hydrogens is 415 g/mol. The Kier molecular flexibility index (Phi) is 6.15. The molecule has 0 bridgehead atoms. The van der Waals surface area contributed by atoms with Crippen LogP contribution in [0.1, 0.15) is 44.7 Å². The minimum Gasteiger partial charge on any atom is -0.482 e. The van der Waals surface area contributed by atoms with E-state index in [9.17, 15) is 9.59 Å². The zero-order valence-corrected chi connectivity index (χ0v) is 18.0. The normalized spacial score (nSPS) is 11.0. The number of carbonyl (C=O) groups is 2. The second kappa shape index (κ2) is 8.43. The zero-order chi connectivity index (χ0) is 21.3. The summed E-state index contributed by atoms with van der Waals surface area (Å²) in [6.45, 7) is 6.95. The van der Waals surface area contributed by atoms with Gasteiger partial charge in [-0.05, 0) is 51.5 Å². The van der Waals surface area contributed by atoms with Gasteiger partial charge in [0.2, 0.25) is 5.78 Å². The molecule has 0 unspecified atom stereocenters. The van der Waals surface area contributed by atoms with E-state index in [1.165, 1.54) is 0 Å². The fourth-order valence-corrected chi connectivity index (χ4v) is 3.75. The Bertz CT molecular complexity index is 1120. The monoisotopic (exact) mass is 434 g/mol. The first-order valence-electron chi connectivity index (χ1n) is 9.02. The lowest BCUT2D eigenvalue weighted by Crippen LogP contribution is -2.14. The van der Waals surface area contributed by atoms with Gasteiger partial charge in [-0.1, -0.05) is 23.2 Å². The van der Waals surface area contributed by atoms with Gasteiger partial charge < -0.3 is 14.5 Å². The van der Waals surface area contributed by atoms with E-state index in [1.807, 2.05) is 19.1 Å². The molecule has 3 rings (SSSR count). The molecule has 0 aliphatic carbocycles. The number of rotatable bonds is 6. The lowest BCUT2D eigenvalue weighted by atomic mass is 10.1. The predicted octanol–water partition coefficient (Wildman–Crippen LogP) is 5.23. The number of hydrogen-bond acceptors (Lipinski definition) is 5. The van der Waals surface area contributed by atoms with Crippen LogP contribution in [0.15, 0.2) is 18.2 Å². The Morgan fingerprint density at radius 3 is 2.55 bits per heavy atom. The van der Waals surface area contributed by atoms with Crippen molar-refractivity contribution >= 4 is 45.9 Å². The molecular formula is C21H20Cl2N2O4. The van der Waals surface area contributed by atoms with Crippen LogP contribution in [0.25, 0.3) is 10.9 Å². The molecule has 152 valence electrons. The summed E-state index contributed by atoms with van der Waals surface area (Å²) < 4.78 is 10.8. The van der Waals surface area contributed by atoms with Gasteiger partial charge in [0.25, 0.3) is 0 Å². The van der Waals surface area contributed by atoms with E-state index >= 15 is 0 Å². The smallest absolute Gasteiger partial charge is 0.340 e. The third-order valence-electron chi connectivity index (χ3n) is 4.52. The van der Waals surface area contributed by atoms with E-state index in [2.05, 4.69) is 9.97 Å². The second-order valence-electron chi connectivity index (χ2n) is 6.58. The quantitative estimate of drug-likeness (QED) is 0.424. The summed E-state index contributed by atoms with van der Waals surface area (Å²) in [5.41, 5.74) is 3.00. The minimum absolute atomic E-state index is 0.254. The molecule has 0 saturated carbocycles. The van der Waals surface area contributed by atoms with Gasteiger partial charge in [0.05, 0.1) is 27.9 Å². The van der Waals surface area contributed by atoms with Gasteiger partial charge in [-0.3, -0.25) is 4.79 Å². The lowest BCUT2D eigenvalue weighted by Gasteiger charge is -2.12. The molecule has 0 spiro atoms. The Labute approximate surface area is 178 Å². The number of esters is 1. The molecule has 2 aromatic heterocycles. The number of Topliss-reactive ketones (excluding diaryl/α,β-unsaturated/α-hetero) is 1. The molecule has 3 aromatic rings. The van der Waals surface area contributed by atoms with Gasteiger partial charge in [-0.15, -0.1) is 0 Å². The molecule has 1 N–H and O–H groups in total. The number of aromatic nitrogens is 2. The summed E-state index contributed by atoms with van der Waals surface area (Å²) in [5.74, 6) is -0.507. The van der Waals surface area contributed by atoms with Crippen molar-refractivity contribution in [1.29, 1.82) is 0 Å². The number of nitrogens with zero attached hydrogens (tertiary/aromatic N) is 1. The van der Waals surface area contributed by atoms with Crippen molar-refractivity contribution in [2.24, 2.45) is 0 Å². The second-order valence-corrected chi connectivity index (χ2v) is 7.39. The highest BCUT2D eigenvalue weighted by Gasteiger charge is 2.23. The van der Waals surface area contributed by atoms with E-state index in [0.29, 0.717) is 38.4 Å². The average Bonchev–Trinajstić information content (AvgIpc) is 2.95. The van der Waals surface area contributed by atoms with E-state index in [4.69, 9.17) is 32.7 Å². The van der Waals surface area contributed by atoms with E-state index < -0.39 is 5.97 Å². The van der Waals surface area contributed by atoms with Crippen LogP contribution in [0, 0.1) is 20.8 Å². The number of ether oxygens (including phenoxy) is 2. The molecule has 0 radical (unpaired) electrons. The van der Waals surface area contributed by atoms with Crippen molar-refractivity contribution in [3.63, 3.8) is 0 Å². The number of halogens is 2. The number of nitrogens with one attached hydrogen (secondary N) is 1. The summed E-state index contributed by atoms with van der Waals surface area (Å²) >= 11 is 12.5. The van der Waals surface area contributed by atoms with Crippen molar-refractivity contribution in [3.8, 4) is 5.75 Å². The maximum Gasteiger partial charge on any atom is 0.340 e. The van der Waals surface area contributed by atoms with Gasteiger partial charge in [0.15, 0.2) is 12.4 Å². The number of ketones is 1. The van der Waals surface area contributed by atoms with E-state index in [1.54, 1.807) is 26.8 Å². The number of benzene rings is 1. The molecule has 29 heavy (non-hydrogen) atoms. The minimum atomic E-state index is -0.467. The molecule has 6 nitrogen and oxygen atoms in total. The van der Waals surface area contributed by atoms with Crippen molar-refractivity contribution in [2.45, 2.75) is 27.7 Å². The van der Waals surface area contributed by atoms with Gasteiger partial charge in [0.1, 0.15) is 5.52 Å². The maximum atomic E-state index is 12.8. The van der Waals surface area contributed by atoms with Crippen molar-refractivity contribution in [1.82, 2.24) is 9.97 Å². The standard InChI is InChI=1S/C21H20Cl2N2O4/c1-5-28-21(27)17-11(3)18(25-12(17)4)16(26)9-29-20-15(23)8-14(22)13-7-6-10(2)24-19(13)20/h6-8,25H,5,9H2,1-4H3. The third-order valence-corrected chi connectivity index (χ3v) is 5.11. The van der Waals surface area contributed by atoms with Crippen LogP contribution in [-0.4, -0.2) is 34.9 Å². The summed E-state index contributed by atoms with van der Waals surface area (Å²) in [6.07, 6.45) is 0. The van der Waals surface area contributed by atoms with Crippen LogP contribution in [-0.2, 0) is 4.74 Å². The Balaban J connectivity index is 1.90. The molecule has 0 saturated heterocycles. The molecule has 1 aromatic carbocycles. The highest BCUT2D eigenvalue weighted by Crippen LogP contribution is 2.37. The maximum absolute atomic E-state index is 12.8. The first-order valence-corrected chi connectivity index (χ1v) is 9.77. The van der Waals surface area contributed by atoms with Gasteiger partial charge in [0, 0.05) is 16.8 Å². The predicted molar refractivity (Wildman–Crippen MR) is 113 cm³/mol. The van der Waals surface area contributed by atoms with Gasteiger partial charge >= 0.3 is 5.97 Å². The molecule has 8 heteroatoms. The van der Waals surface area contributed by atoms with Crippen LogP contribution >= 0.6 is 23.2 Å². The number of pyridine rings is 1. The SMILES string of the molecule is CCOC(=O)c1c(C)[nH]c(C(=O)COc2c(Cl)cc(Cl)c3ccc(C)nc23)c1C. The van der Waals surface area contributed by atoms with Crippen LogP contribution in [0.4, 0.5) is 0 Å². The van der Waals surface area contributed by atoms with E-state index in [0.717, 1.165) is 5.69 Å². The Morgan fingerprint density at radius 2 is 1.86 bits per heavy atom. The summed E-state index contributed by atoms with van der Waals surface area (Å²) in [6, 6.07) is 5.22. The lowest BCUT2D eigenvalue weighted by molar-refractivity contribution is 0.0525. The number of aromatic amines is 1. The van der Waals surface area contributed by atoms with Crippen LogP contribution in [0.3, 0.4) is 0 Å². The Morgan fingerprint density at radius 1 is 1.14 bits per heavy atom. The van der Waals surface area contributed by atoms with Crippen molar-refractivity contribution in [3.05, 3.63) is 56.5 Å². The number of fused-ring (bicyclic) bond motifs is 1. The van der Waals surface area contributed by atoms with Crippen molar-refractivity contribution < 1.29 is 19.1 Å². The summed E-state index contributed by atoms with van der Waals surface area (Å²) in [7, 11) is 0. The molecule has 0 atom stereocenters. The summed E-state index contributed by atoms with van der Waals surface area (Å²) in [5, 5.41) is 1.40. The van der Waals surface area contributed by atoms with E-state index in [-0.39, 0.29) is 29.8 Å². The first kappa shape index (κ1) is 21.1. The zero-order valence-electron chi connectivity index (χ0n) is 16.5. The number of aryl methyl sites for hydroxylation is 2. The molecule has 0 fully saturated rings.